The molecule has 9 heteroatoms. The summed E-state index contributed by atoms with van der Waals surface area (Å²) in [4.78, 5) is 9.94. The molecule has 1 aromatic rings. The summed E-state index contributed by atoms with van der Waals surface area (Å²) in [5, 5.41) is 10.6. The van der Waals surface area contributed by atoms with E-state index in [1.165, 1.54) is 12.1 Å². The van der Waals surface area contributed by atoms with E-state index in [9.17, 15) is 18.5 Å². The maximum Gasteiger partial charge on any atom is 0.269 e. The first-order chi connectivity index (χ1) is 9.12. The fourth-order valence-electron chi connectivity index (χ4n) is 1.51. The van der Waals surface area contributed by atoms with E-state index in [2.05, 4.69) is 4.72 Å². The molecule has 0 radical (unpaired) electrons. The molecule has 0 fully saturated rings. The van der Waals surface area contributed by atoms with Gasteiger partial charge in [0, 0.05) is 24.2 Å². The first kappa shape index (κ1) is 19.8. The van der Waals surface area contributed by atoms with Gasteiger partial charge in [-0.25, -0.2) is 13.1 Å². The van der Waals surface area contributed by atoms with Crippen LogP contribution in [0.5, 0.6) is 0 Å². The SMILES string of the molecule is CC(C)C(C)(CN)NS(=O)(=O)c1ccc([N+](=O)[O-])cc1.Cl. The van der Waals surface area contributed by atoms with E-state index in [0.717, 1.165) is 12.1 Å². The molecule has 0 amide bonds. The van der Waals surface area contributed by atoms with Crippen molar-refractivity contribution in [2.45, 2.75) is 31.2 Å². The monoisotopic (exact) mass is 337 g/mol. The molecule has 0 aromatic heterocycles. The molecule has 0 aliphatic rings. The van der Waals surface area contributed by atoms with Gasteiger partial charge in [-0.15, -0.1) is 12.4 Å². The first-order valence-corrected chi connectivity index (χ1v) is 7.59. The van der Waals surface area contributed by atoms with Crippen molar-refractivity contribution in [1.82, 2.24) is 4.72 Å². The van der Waals surface area contributed by atoms with Crippen molar-refractivity contribution in [1.29, 1.82) is 0 Å². The molecule has 0 bridgehead atoms. The molecule has 120 valence electrons. The third-order valence-electron chi connectivity index (χ3n) is 3.42. The Balaban J connectivity index is 0.00000400. The van der Waals surface area contributed by atoms with Crippen molar-refractivity contribution < 1.29 is 13.3 Å². The van der Waals surface area contributed by atoms with Gasteiger partial charge in [-0.3, -0.25) is 10.1 Å². The van der Waals surface area contributed by atoms with Gasteiger partial charge >= 0.3 is 0 Å². The van der Waals surface area contributed by atoms with E-state index in [4.69, 9.17) is 5.73 Å². The van der Waals surface area contributed by atoms with E-state index in [-0.39, 0.29) is 35.5 Å². The lowest BCUT2D eigenvalue weighted by Gasteiger charge is -2.33. The number of halogens is 1. The molecule has 0 saturated carbocycles. The van der Waals surface area contributed by atoms with Crippen LogP contribution in [0.1, 0.15) is 20.8 Å². The zero-order chi connectivity index (χ0) is 15.6. The Morgan fingerprint density at radius 2 is 1.81 bits per heavy atom. The van der Waals surface area contributed by atoms with Crippen LogP contribution in [-0.2, 0) is 10.0 Å². The maximum atomic E-state index is 12.3. The highest BCUT2D eigenvalue weighted by Crippen LogP contribution is 2.21. The smallest absolute Gasteiger partial charge is 0.269 e. The molecule has 0 aliphatic heterocycles. The van der Waals surface area contributed by atoms with Crippen LogP contribution in [0.4, 0.5) is 5.69 Å². The number of nitro groups is 1. The lowest BCUT2D eigenvalue weighted by Crippen LogP contribution is -2.54. The van der Waals surface area contributed by atoms with Gasteiger partial charge in [0.15, 0.2) is 0 Å². The highest BCUT2D eigenvalue weighted by molar-refractivity contribution is 7.89. The minimum Gasteiger partial charge on any atom is -0.329 e. The number of hydrogen-bond acceptors (Lipinski definition) is 5. The number of nitrogens with one attached hydrogen (secondary N) is 1. The summed E-state index contributed by atoms with van der Waals surface area (Å²) in [7, 11) is -3.77. The molecule has 3 N–H and O–H groups in total. The second-order valence-corrected chi connectivity index (χ2v) is 6.82. The quantitative estimate of drug-likeness (QED) is 0.605. The normalized spacial score (nSPS) is 14.3. The second-order valence-electron chi connectivity index (χ2n) is 5.13. The molecule has 0 heterocycles. The summed E-state index contributed by atoms with van der Waals surface area (Å²) in [6, 6.07) is 4.73. The van der Waals surface area contributed by atoms with E-state index < -0.39 is 20.5 Å². The Hall–Kier alpha value is -1.22. The summed E-state index contributed by atoms with van der Waals surface area (Å²) < 4.78 is 27.1. The molecule has 1 unspecified atom stereocenters. The zero-order valence-corrected chi connectivity index (χ0v) is 13.7. The lowest BCUT2D eigenvalue weighted by atomic mass is 9.90. The molecule has 1 atom stereocenters. The largest absolute Gasteiger partial charge is 0.329 e. The molecule has 1 aromatic carbocycles. The average molecular weight is 338 g/mol. The second kappa shape index (κ2) is 7.17. The average Bonchev–Trinajstić information content (AvgIpc) is 2.38. The topological polar surface area (TPSA) is 115 Å². The minimum atomic E-state index is -3.77. The lowest BCUT2D eigenvalue weighted by molar-refractivity contribution is -0.384. The summed E-state index contributed by atoms with van der Waals surface area (Å²) in [5.74, 6) is 0.000299. The molecular formula is C12H20ClN3O4S. The maximum absolute atomic E-state index is 12.3. The van der Waals surface area contributed by atoms with Crippen molar-refractivity contribution in [2.75, 3.05) is 6.54 Å². The van der Waals surface area contributed by atoms with Crippen LogP contribution in [0, 0.1) is 16.0 Å². The van der Waals surface area contributed by atoms with Gasteiger partial charge in [-0.2, -0.15) is 0 Å². The number of benzene rings is 1. The van der Waals surface area contributed by atoms with Gasteiger partial charge < -0.3 is 5.73 Å². The Morgan fingerprint density at radius 3 is 2.14 bits per heavy atom. The Bertz CT molecular complexity index is 589. The third kappa shape index (κ3) is 4.63. The van der Waals surface area contributed by atoms with Crippen LogP contribution in [0.25, 0.3) is 0 Å². The van der Waals surface area contributed by atoms with Crippen LogP contribution >= 0.6 is 12.4 Å². The van der Waals surface area contributed by atoms with Gasteiger partial charge in [0.05, 0.1) is 9.82 Å². The Kier molecular flexibility index (Phi) is 6.75. The summed E-state index contributed by atoms with van der Waals surface area (Å²) in [6.07, 6.45) is 0. The van der Waals surface area contributed by atoms with E-state index >= 15 is 0 Å². The number of nitro benzene ring substituents is 1. The Labute approximate surface area is 130 Å². The van der Waals surface area contributed by atoms with E-state index in [1.54, 1.807) is 6.92 Å². The molecule has 7 nitrogen and oxygen atoms in total. The molecule has 0 aliphatic carbocycles. The summed E-state index contributed by atoms with van der Waals surface area (Å²) >= 11 is 0. The van der Waals surface area contributed by atoms with Crippen LogP contribution < -0.4 is 10.5 Å². The van der Waals surface area contributed by atoms with Crippen molar-refractivity contribution in [2.24, 2.45) is 11.7 Å². The number of rotatable bonds is 6. The van der Waals surface area contributed by atoms with Crippen LogP contribution in [0.15, 0.2) is 29.2 Å². The molecule has 0 saturated heterocycles. The van der Waals surface area contributed by atoms with Crippen molar-refractivity contribution in [3.63, 3.8) is 0 Å². The molecule has 21 heavy (non-hydrogen) atoms. The number of non-ortho nitro benzene ring substituents is 1. The zero-order valence-electron chi connectivity index (χ0n) is 12.1. The predicted molar refractivity (Wildman–Crippen MR) is 83.0 cm³/mol. The highest BCUT2D eigenvalue weighted by Gasteiger charge is 2.32. The molecule has 0 spiro atoms. The number of nitrogens with zero attached hydrogens (tertiary/aromatic N) is 1. The van der Waals surface area contributed by atoms with Crippen molar-refractivity contribution in [3.05, 3.63) is 34.4 Å². The highest BCUT2D eigenvalue weighted by atomic mass is 35.5. The first-order valence-electron chi connectivity index (χ1n) is 6.11. The predicted octanol–water partition coefficient (Wildman–Crippen LogP) is 1.67. The molecule has 1 rings (SSSR count). The number of sulfonamides is 1. The van der Waals surface area contributed by atoms with Crippen LogP contribution in [-0.4, -0.2) is 25.4 Å². The van der Waals surface area contributed by atoms with Gasteiger partial charge in [0.1, 0.15) is 0 Å². The minimum absolute atomic E-state index is 0. The van der Waals surface area contributed by atoms with Gasteiger partial charge in [-0.05, 0) is 25.0 Å². The van der Waals surface area contributed by atoms with Gasteiger partial charge in [0.2, 0.25) is 10.0 Å². The third-order valence-corrected chi connectivity index (χ3v) is 5.05. The van der Waals surface area contributed by atoms with Crippen molar-refractivity contribution >= 4 is 28.1 Å². The fourth-order valence-corrected chi connectivity index (χ4v) is 3.05. The van der Waals surface area contributed by atoms with Crippen LogP contribution in [0.2, 0.25) is 0 Å². The van der Waals surface area contributed by atoms with Crippen molar-refractivity contribution in [3.8, 4) is 0 Å². The summed E-state index contributed by atoms with van der Waals surface area (Å²) in [5.41, 5.74) is 4.71. The summed E-state index contributed by atoms with van der Waals surface area (Å²) in [6.45, 7) is 5.61. The van der Waals surface area contributed by atoms with E-state index in [0.29, 0.717) is 0 Å². The number of nitrogens with two attached hydrogens (primary N) is 1. The fraction of sp³-hybridized carbons (Fsp3) is 0.500. The van der Waals surface area contributed by atoms with Gasteiger partial charge in [0.25, 0.3) is 5.69 Å². The van der Waals surface area contributed by atoms with Gasteiger partial charge in [-0.1, -0.05) is 13.8 Å². The Morgan fingerprint density at radius 1 is 1.33 bits per heavy atom. The standard InChI is InChI=1S/C12H19N3O4S.ClH/c1-9(2)12(3,8-13)14-20(18,19)11-6-4-10(5-7-11)15(16)17;/h4-7,9,14H,8,13H2,1-3H3;1H. The van der Waals surface area contributed by atoms with E-state index in [1.807, 2.05) is 13.8 Å². The number of hydrogen-bond donors (Lipinski definition) is 2. The molecular weight excluding hydrogens is 318 g/mol. The van der Waals surface area contributed by atoms with Crippen LogP contribution in [0.3, 0.4) is 0 Å².